The van der Waals surface area contributed by atoms with Crippen LogP contribution in [0.15, 0.2) is 12.7 Å². The van der Waals surface area contributed by atoms with Gasteiger partial charge in [-0.25, -0.2) is 0 Å². The normalized spacial score (nSPS) is 15.3. The lowest BCUT2D eigenvalue weighted by molar-refractivity contribution is 0.0125. The molecule has 1 unspecified atom stereocenters. The molecule has 1 atom stereocenters. The van der Waals surface area contributed by atoms with E-state index in [9.17, 15) is 5.11 Å². The molecule has 0 rings (SSSR count). The molecule has 0 aliphatic carbocycles. The molecular formula is C12H25NO2. The third kappa shape index (κ3) is 7.54. The standard InChI is InChI=1S/C12H25NO2/c1-5-6-8-15-9-7-13-10-12(4,14)11(2)3/h5,11,13-14H,1,6-10H2,2-4H3. The lowest BCUT2D eigenvalue weighted by Gasteiger charge is -2.27. The van der Waals surface area contributed by atoms with Crippen molar-refractivity contribution in [3.63, 3.8) is 0 Å². The summed E-state index contributed by atoms with van der Waals surface area (Å²) >= 11 is 0. The molecule has 0 aromatic carbocycles. The maximum atomic E-state index is 9.92. The van der Waals surface area contributed by atoms with E-state index in [4.69, 9.17) is 4.74 Å². The van der Waals surface area contributed by atoms with Gasteiger partial charge < -0.3 is 15.2 Å². The van der Waals surface area contributed by atoms with Crippen LogP contribution in [0.3, 0.4) is 0 Å². The zero-order valence-electron chi connectivity index (χ0n) is 10.3. The van der Waals surface area contributed by atoms with Gasteiger partial charge in [0.2, 0.25) is 0 Å². The van der Waals surface area contributed by atoms with E-state index in [1.807, 2.05) is 26.8 Å². The molecule has 90 valence electrons. The topological polar surface area (TPSA) is 41.5 Å². The van der Waals surface area contributed by atoms with Gasteiger partial charge in [-0.15, -0.1) is 6.58 Å². The highest BCUT2D eigenvalue weighted by Gasteiger charge is 2.23. The van der Waals surface area contributed by atoms with Crippen LogP contribution in [-0.4, -0.2) is 37.0 Å². The summed E-state index contributed by atoms with van der Waals surface area (Å²) in [4.78, 5) is 0. The van der Waals surface area contributed by atoms with Crippen molar-refractivity contribution < 1.29 is 9.84 Å². The van der Waals surface area contributed by atoms with Gasteiger partial charge in [-0.05, 0) is 19.3 Å². The first-order valence-electron chi connectivity index (χ1n) is 5.62. The first kappa shape index (κ1) is 14.6. The zero-order chi connectivity index (χ0) is 11.7. The van der Waals surface area contributed by atoms with Crippen molar-refractivity contribution in [1.29, 1.82) is 0 Å². The molecule has 0 saturated carbocycles. The minimum absolute atomic E-state index is 0.256. The summed E-state index contributed by atoms with van der Waals surface area (Å²) in [5.41, 5.74) is -0.638. The molecule has 3 heteroatoms. The van der Waals surface area contributed by atoms with E-state index in [-0.39, 0.29) is 5.92 Å². The summed E-state index contributed by atoms with van der Waals surface area (Å²) in [7, 11) is 0. The Morgan fingerprint density at radius 1 is 1.47 bits per heavy atom. The van der Waals surface area contributed by atoms with Gasteiger partial charge in [0.25, 0.3) is 0 Å². The number of hydrogen-bond acceptors (Lipinski definition) is 3. The van der Waals surface area contributed by atoms with Crippen molar-refractivity contribution in [2.45, 2.75) is 32.8 Å². The second kappa shape index (κ2) is 7.85. The van der Waals surface area contributed by atoms with Crippen LogP contribution in [0.25, 0.3) is 0 Å². The van der Waals surface area contributed by atoms with E-state index < -0.39 is 5.60 Å². The lowest BCUT2D eigenvalue weighted by Crippen LogP contribution is -2.43. The lowest BCUT2D eigenvalue weighted by atomic mass is 9.93. The number of hydrogen-bond donors (Lipinski definition) is 2. The van der Waals surface area contributed by atoms with Gasteiger partial charge in [-0.2, -0.15) is 0 Å². The molecule has 15 heavy (non-hydrogen) atoms. The quantitative estimate of drug-likeness (QED) is 0.453. The number of rotatable bonds is 9. The summed E-state index contributed by atoms with van der Waals surface area (Å²) < 4.78 is 5.33. The van der Waals surface area contributed by atoms with E-state index in [0.29, 0.717) is 13.2 Å². The summed E-state index contributed by atoms with van der Waals surface area (Å²) in [6.07, 6.45) is 2.74. The summed E-state index contributed by atoms with van der Waals surface area (Å²) in [6.45, 7) is 12.3. The van der Waals surface area contributed by atoms with E-state index in [0.717, 1.165) is 19.6 Å². The van der Waals surface area contributed by atoms with Crippen LogP contribution in [-0.2, 0) is 4.74 Å². The fraction of sp³-hybridized carbons (Fsp3) is 0.833. The van der Waals surface area contributed by atoms with Crippen LogP contribution < -0.4 is 5.32 Å². The highest BCUT2D eigenvalue weighted by atomic mass is 16.5. The Hall–Kier alpha value is -0.380. The summed E-state index contributed by atoms with van der Waals surface area (Å²) in [5, 5.41) is 13.1. The molecule has 0 heterocycles. The Labute approximate surface area is 93.5 Å². The first-order chi connectivity index (χ1) is 7.00. The minimum atomic E-state index is -0.638. The third-order valence-corrected chi connectivity index (χ3v) is 2.62. The van der Waals surface area contributed by atoms with Crippen LogP contribution in [0.1, 0.15) is 27.2 Å². The van der Waals surface area contributed by atoms with Crippen molar-refractivity contribution >= 4 is 0 Å². The molecule has 0 fully saturated rings. The van der Waals surface area contributed by atoms with Crippen LogP contribution in [0.4, 0.5) is 0 Å². The van der Waals surface area contributed by atoms with Gasteiger partial charge in [-0.3, -0.25) is 0 Å². The number of ether oxygens (including phenoxy) is 1. The van der Waals surface area contributed by atoms with Crippen LogP contribution in [0, 0.1) is 5.92 Å². The fourth-order valence-electron chi connectivity index (χ4n) is 0.959. The Balaban J connectivity index is 3.34. The molecule has 0 radical (unpaired) electrons. The highest BCUT2D eigenvalue weighted by Crippen LogP contribution is 2.13. The highest BCUT2D eigenvalue weighted by molar-refractivity contribution is 4.78. The monoisotopic (exact) mass is 215 g/mol. The van der Waals surface area contributed by atoms with Crippen molar-refractivity contribution in [3.05, 3.63) is 12.7 Å². The predicted octanol–water partition coefficient (Wildman–Crippen LogP) is 1.58. The average Bonchev–Trinajstić information content (AvgIpc) is 2.16. The largest absolute Gasteiger partial charge is 0.389 e. The SMILES string of the molecule is C=CCCOCCNCC(C)(O)C(C)C. The molecule has 0 aromatic heterocycles. The van der Waals surface area contributed by atoms with Crippen LogP contribution in [0.2, 0.25) is 0 Å². The van der Waals surface area contributed by atoms with Crippen molar-refractivity contribution in [1.82, 2.24) is 5.32 Å². The van der Waals surface area contributed by atoms with Gasteiger partial charge in [0.05, 0.1) is 18.8 Å². The molecule has 0 amide bonds. The number of aliphatic hydroxyl groups is 1. The minimum Gasteiger partial charge on any atom is -0.389 e. The van der Waals surface area contributed by atoms with Crippen LogP contribution >= 0.6 is 0 Å². The molecule has 0 aliphatic rings. The smallest absolute Gasteiger partial charge is 0.0766 e. The van der Waals surface area contributed by atoms with Crippen molar-refractivity contribution in [2.75, 3.05) is 26.3 Å². The third-order valence-electron chi connectivity index (χ3n) is 2.62. The van der Waals surface area contributed by atoms with E-state index >= 15 is 0 Å². The van der Waals surface area contributed by atoms with E-state index in [1.54, 1.807) is 0 Å². The molecule has 3 nitrogen and oxygen atoms in total. The summed E-state index contributed by atoms with van der Waals surface area (Å²) in [5.74, 6) is 0.256. The maximum Gasteiger partial charge on any atom is 0.0766 e. The van der Waals surface area contributed by atoms with Gasteiger partial charge >= 0.3 is 0 Å². The first-order valence-corrected chi connectivity index (χ1v) is 5.62. The Bertz CT molecular complexity index is 167. The van der Waals surface area contributed by atoms with Crippen LogP contribution in [0.5, 0.6) is 0 Å². The van der Waals surface area contributed by atoms with Crippen molar-refractivity contribution in [3.8, 4) is 0 Å². The van der Waals surface area contributed by atoms with E-state index in [1.165, 1.54) is 0 Å². The fourth-order valence-corrected chi connectivity index (χ4v) is 0.959. The summed E-state index contributed by atoms with van der Waals surface area (Å²) in [6, 6.07) is 0. The number of nitrogens with one attached hydrogen (secondary N) is 1. The molecule has 2 N–H and O–H groups in total. The van der Waals surface area contributed by atoms with E-state index in [2.05, 4.69) is 11.9 Å². The van der Waals surface area contributed by atoms with Crippen molar-refractivity contribution in [2.24, 2.45) is 5.92 Å². The van der Waals surface area contributed by atoms with Gasteiger partial charge in [0.15, 0.2) is 0 Å². The van der Waals surface area contributed by atoms with Gasteiger partial charge in [0.1, 0.15) is 0 Å². The maximum absolute atomic E-state index is 9.92. The zero-order valence-corrected chi connectivity index (χ0v) is 10.3. The molecule has 0 saturated heterocycles. The molecule has 0 bridgehead atoms. The molecule has 0 aromatic rings. The molecule has 0 aliphatic heterocycles. The predicted molar refractivity (Wildman–Crippen MR) is 64.0 cm³/mol. The average molecular weight is 215 g/mol. The Morgan fingerprint density at radius 2 is 2.13 bits per heavy atom. The molecule has 0 spiro atoms. The Morgan fingerprint density at radius 3 is 2.67 bits per heavy atom. The van der Waals surface area contributed by atoms with Gasteiger partial charge in [-0.1, -0.05) is 19.9 Å². The van der Waals surface area contributed by atoms with Gasteiger partial charge in [0, 0.05) is 13.1 Å². The Kier molecular flexibility index (Phi) is 7.65. The molecular weight excluding hydrogens is 190 g/mol. The second-order valence-corrected chi connectivity index (χ2v) is 4.38. The second-order valence-electron chi connectivity index (χ2n) is 4.38.